The summed E-state index contributed by atoms with van der Waals surface area (Å²) in [6.07, 6.45) is 2.53. The highest BCUT2D eigenvalue weighted by Gasteiger charge is 2.29. The third-order valence-electron chi connectivity index (χ3n) is 6.52. The predicted molar refractivity (Wildman–Crippen MR) is 158 cm³/mol. The number of rotatable bonds is 9. The van der Waals surface area contributed by atoms with Crippen LogP contribution in [0.1, 0.15) is 34.0 Å². The first-order chi connectivity index (χ1) is 19.5. The van der Waals surface area contributed by atoms with Gasteiger partial charge in [0.05, 0.1) is 23.7 Å². The summed E-state index contributed by atoms with van der Waals surface area (Å²) < 4.78 is 19.9. The molecule has 0 saturated carbocycles. The van der Waals surface area contributed by atoms with Crippen molar-refractivity contribution in [1.29, 1.82) is 0 Å². The lowest BCUT2D eigenvalue weighted by Gasteiger charge is -2.30. The third-order valence-corrected chi connectivity index (χ3v) is 7.60. The fourth-order valence-corrected chi connectivity index (χ4v) is 5.50. The summed E-state index contributed by atoms with van der Waals surface area (Å²) in [5.74, 6) is 0.145. The molecular weight excluding hydrogens is 523 g/mol. The van der Waals surface area contributed by atoms with Crippen LogP contribution >= 0.6 is 11.8 Å². The van der Waals surface area contributed by atoms with E-state index in [0.717, 1.165) is 27.5 Å². The van der Waals surface area contributed by atoms with Crippen LogP contribution < -0.4 is 15.0 Å². The number of ether oxygens (including phenoxy) is 1. The monoisotopic (exact) mass is 552 g/mol. The van der Waals surface area contributed by atoms with Crippen LogP contribution in [-0.2, 0) is 17.8 Å². The topological polar surface area (TPSA) is 58.6 Å². The molecule has 1 aliphatic heterocycles. The molecule has 0 aliphatic carbocycles. The van der Waals surface area contributed by atoms with E-state index in [4.69, 9.17) is 4.74 Å². The predicted octanol–water partition coefficient (Wildman–Crippen LogP) is 6.88. The van der Waals surface area contributed by atoms with Gasteiger partial charge in [-0.05, 0) is 73.0 Å². The highest BCUT2D eigenvalue weighted by molar-refractivity contribution is 8.04. The van der Waals surface area contributed by atoms with Crippen molar-refractivity contribution in [1.82, 2.24) is 5.32 Å². The minimum atomic E-state index is -0.343. The van der Waals surface area contributed by atoms with Crippen LogP contribution in [0.5, 0.6) is 5.75 Å². The molecule has 0 atom stereocenters. The number of nitrogens with zero attached hydrogens (tertiary/aromatic N) is 1. The van der Waals surface area contributed by atoms with Gasteiger partial charge in [0.1, 0.15) is 11.6 Å². The Hall–Kier alpha value is -4.36. The standard InChI is InChI=1S/C33H29FN2O3S/c1-2-39-27-17-13-23(14-18-27)19-20-35-32(37)25-15-11-24(12-16-25)21-31-33(38)36(22-26-7-3-4-8-28(26)34)29-9-5-6-10-30(29)40-31/h3-18,21H,2,19-20,22H2,1H3,(H,35,37). The van der Waals surface area contributed by atoms with Crippen molar-refractivity contribution in [3.63, 3.8) is 0 Å². The van der Waals surface area contributed by atoms with Crippen molar-refractivity contribution in [3.05, 3.63) is 130 Å². The van der Waals surface area contributed by atoms with Gasteiger partial charge in [0.15, 0.2) is 0 Å². The second kappa shape index (κ2) is 12.7. The van der Waals surface area contributed by atoms with Gasteiger partial charge in [-0.2, -0.15) is 0 Å². The molecule has 0 spiro atoms. The molecule has 202 valence electrons. The lowest BCUT2D eigenvalue weighted by atomic mass is 10.1. The number of hydrogen-bond donors (Lipinski definition) is 1. The molecule has 4 aromatic rings. The molecule has 0 unspecified atom stereocenters. The van der Waals surface area contributed by atoms with Crippen molar-refractivity contribution in [2.75, 3.05) is 18.1 Å². The summed E-state index contributed by atoms with van der Waals surface area (Å²) in [6.45, 7) is 3.23. The molecule has 1 heterocycles. The molecule has 0 radical (unpaired) electrons. The van der Waals surface area contributed by atoms with Gasteiger partial charge in [-0.1, -0.05) is 66.4 Å². The lowest BCUT2D eigenvalue weighted by molar-refractivity contribution is -0.114. The van der Waals surface area contributed by atoms with E-state index in [1.165, 1.54) is 17.8 Å². The Kier molecular flexibility index (Phi) is 8.62. The first-order valence-corrected chi connectivity index (χ1v) is 14.0. The number of anilines is 1. The summed E-state index contributed by atoms with van der Waals surface area (Å²) in [4.78, 5) is 29.2. The van der Waals surface area contributed by atoms with Crippen molar-refractivity contribution in [2.45, 2.75) is 24.8 Å². The summed E-state index contributed by atoms with van der Waals surface area (Å²) in [6, 6.07) is 29.1. The van der Waals surface area contributed by atoms with Crippen molar-refractivity contribution in [2.24, 2.45) is 0 Å². The molecule has 5 nitrogen and oxygen atoms in total. The Morgan fingerprint density at radius 2 is 1.68 bits per heavy atom. The minimum Gasteiger partial charge on any atom is -0.494 e. The number of para-hydroxylation sites is 1. The molecular formula is C33H29FN2O3S. The van der Waals surface area contributed by atoms with Crippen LogP contribution in [0.15, 0.2) is 107 Å². The van der Waals surface area contributed by atoms with E-state index in [0.29, 0.717) is 35.6 Å². The number of amides is 2. The minimum absolute atomic E-state index is 0.135. The fourth-order valence-electron chi connectivity index (χ4n) is 4.44. The molecule has 2 amide bonds. The number of fused-ring (bicyclic) bond motifs is 1. The number of carbonyl (C=O) groups is 2. The largest absolute Gasteiger partial charge is 0.494 e. The average molecular weight is 553 g/mol. The second-order valence-corrected chi connectivity index (χ2v) is 10.3. The Morgan fingerprint density at radius 1 is 0.950 bits per heavy atom. The van der Waals surface area contributed by atoms with Gasteiger partial charge >= 0.3 is 0 Å². The Bertz CT molecular complexity index is 1530. The Morgan fingerprint density at radius 3 is 2.42 bits per heavy atom. The quantitative estimate of drug-likeness (QED) is 0.230. The van der Waals surface area contributed by atoms with E-state index in [9.17, 15) is 14.0 Å². The van der Waals surface area contributed by atoms with E-state index >= 15 is 0 Å². The van der Waals surface area contributed by atoms with Gasteiger partial charge in [-0.25, -0.2) is 4.39 Å². The first kappa shape index (κ1) is 27.2. The molecule has 4 aromatic carbocycles. The normalized spacial score (nSPS) is 13.7. The smallest absolute Gasteiger partial charge is 0.265 e. The van der Waals surface area contributed by atoms with Crippen LogP contribution in [-0.4, -0.2) is 25.0 Å². The maximum Gasteiger partial charge on any atom is 0.265 e. The molecule has 1 N–H and O–H groups in total. The van der Waals surface area contributed by atoms with E-state index in [1.807, 2.05) is 73.7 Å². The second-order valence-electron chi connectivity index (χ2n) is 9.27. The fraction of sp³-hybridized carbons (Fsp3) is 0.152. The molecule has 0 bridgehead atoms. The Labute approximate surface area is 237 Å². The van der Waals surface area contributed by atoms with Crippen LogP contribution in [0.2, 0.25) is 0 Å². The SMILES string of the molecule is CCOc1ccc(CCNC(=O)c2ccc(C=C3Sc4ccccc4N(Cc4ccccc4F)C3=O)cc2)cc1. The van der Waals surface area contributed by atoms with Crippen LogP contribution in [0.4, 0.5) is 10.1 Å². The van der Waals surface area contributed by atoms with Gasteiger partial charge in [0.25, 0.3) is 11.8 Å². The molecule has 5 rings (SSSR count). The lowest BCUT2D eigenvalue weighted by Crippen LogP contribution is -2.34. The van der Waals surface area contributed by atoms with Gasteiger partial charge in [-0.3, -0.25) is 9.59 Å². The zero-order chi connectivity index (χ0) is 27.9. The number of thioether (sulfide) groups is 1. The first-order valence-electron chi connectivity index (χ1n) is 13.2. The summed E-state index contributed by atoms with van der Waals surface area (Å²) in [7, 11) is 0. The summed E-state index contributed by atoms with van der Waals surface area (Å²) >= 11 is 1.39. The van der Waals surface area contributed by atoms with E-state index < -0.39 is 0 Å². The van der Waals surface area contributed by atoms with Crippen LogP contribution in [0.3, 0.4) is 0 Å². The van der Waals surface area contributed by atoms with Crippen molar-refractivity contribution < 1.29 is 18.7 Å². The van der Waals surface area contributed by atoms with Crippen LogP contribution in [0, 0.1) is 5.82 Å². The molecule has 0 fully saturated rings. The number of carbonyl (C=O) groups excluding carboxylic acids is 2. The molecule has 1 aliphatic rings. The molecule has 0 saturated heterocycles. The van der Waals surface area contributed by atoms with Crippen molar-refractivity contribution in [3.8, 4) is 5.75 Å². The molecule has 40 heavy (non-hydrogen) atoms. The summed E-state index contributed by atoms with van der Waals surface area (Å²) in [5, 5.41) is 2.96. The van der Waals surface area contributed by atoms with Gasteiger partial charge < -0.3 is 15.0 Å². The average Bonchev–Trinajstić information content (AvgIpc) is 2.97. The number of halogens is 1. The third kappa shape index (κ3) is 6.43. The Balaban J connectivity index is 1.25. The van der Waals surface area contributed by atoms with Crippen molar-refractivity contribution >= 4 is 35.3 Å². The molecule has 0 aromatic heterocycles. The van der Waals surface area contributed by atoms with Crippen LogP contribution in [0.25, 0.3) is 6.08 Å². The number of benzene rings is 4. The number of hydrogen-bond acceptors (Lipinski definition) is 4. The number of nitrogens with one attached hydrogen (secondary N) is 1. The van der Waals surface area contributed by atoms with Gasteiger partial charge in [0, 0.05) is 22.6 Å². The summed E-state index contributed by atoms with van der Waals surface area (Å²) in [5.41, 5.74) is 3.67. The highest BCUT2D eigenvalue weighted by Crippen LogP contribution is 2.42. The van der Waals surface area contributed by atoms with E-state index in [1.54, 1.807) is 35.2 Å². The van der Waals surface area contributed by atoms with E-state index in [-0.39, 0.29) is 24.2 Å². The van der Waals surface area contributed by atoms with E-state index in [2.05, 4.69) is 5.32 Å². The maximum absolute atomic E-state index is 14.4. The highest BCUT2D eigenvalue weighted by atomic mass is 32.2. The maximum atomic E-state index is 14.4. The molecule has 7 heteroatoms. The van der Waals surface area contributed by atoms with Gasteiger partial charge in [0.2, 0.25) is 0 Å². The zero-order valence-electron chi connectivity index (χ0n) is 22.1. The zero-order valence-corrected chi connectivity index (χ0v) is 22.9. The van der Waals surface area contributed by atoms with Gasteiger partial charge in [-0.15, -0.1) is 0 Å².